The number of rotatable bonds is 15. The van der Waals surface area contributed by atoms with Crippen molar-refractivity contribution in [1.82, 2.24) is 0 Å². The van der Waals surface area contributed by atoms with Crippen LogP contribution in [0.15, 0.2) is 273 Å². The highest BCUT2D eigenvalue weighted by Gasteiger charge is 2.65. The Balaban J connectivity index is 1.42. The molecule has 0 aliphatic heterocycles. The zero-order valence-electron chi connectivity index (χ0n) is 34.1. The van der Waals surface area contributed by atoms with Gasteiger partial charge in [-0.1, -0.05) is 273 Å². The van der Waals surface area contributed by atoms with Gasteiger partial charge in [0.2, 0.25) is 0 Å². The highest BCUT2D eigenvalue weighted by Crippen LogP contribution is 2.29. The van der Waals surface area contributed by atoms with Gasteiger partial charge in [0.15, 0.2) is 0 Å². The molecule has 0 atom stereocenters. The average molecular weight is 873 g/mol. The molecule has 0 unspecified atom stereocenters. The first-order chi connectivity index (χ1) is 30.6. The quantitative estimate of drug-likeness (QED) is 0.0675. The molecule has 0 bridgehead atoms. The van der Waals surface area contributed by atoms with Crippen molar-refractivity contribution in [2.24, 2.45) is 0 Å². The molecule has 0 aliphatic carbocycles. The van der Waals surface area contributed by atoms with Crippen molar-refractivity contribution in [3.05, 3.63) is 273 Å². The number of hydrogen-bond acceptors (Lipinski definition) is 3. The normalized spacial score (nSPS) is 12.1. The number of halogens is 1. The van der Waals surface area contributed by atoms with Crippen LogP contribution in [0.4, 0.5) is 4.11 Å². The van der Waals surface area contributed by atoms with E-state index in [4.69, 9.17) is 12.3 Å². The van der Waals surface area contributed by atoms with Crippen molar-refractivity contribution in [2.75, 3.05) is 0 Å². The predicted molar refractivity (Wildman–Crippen MR) is 262 cm³/mol. The predicted octanol–water partition coefficient (Wildman–Crippen LogP) is 6.44. The van der Waals surface area contributed by atoms with E-state index in [9.17, 15) is 0 Å². The van der Waals surface area contributed by atoms with Crippen LogP contribution in [0.25, 0.3) is 0 Å². The first-order valence-electron chi connectivity index (χ1n) is 20.9. The van der Waals surface area contributed by atoms with E-state index in [-0.39, 0.29) is 0 Å². The molecule has 0 aromatic heterocycles. The van der Waals surface area contributed by atoms with E-state index in [0.717, 1.165) is 46.7 Å². The van der Waals surface area contributed by atoms with Crippen LogP contribution in [0.2, 0.25) is 0 Å². The molecule has 0 heterocycles. The lowest BCUT2D eigenvalue weighted by Gasteiger charge is -2.45. The molecule has 0 spiro atoms. The maximum atomic E-state index is 21.0. The molecular formula is C54H45FO3Si4. The second kappa shape index (κ2) is 18.3. The maximum absolute atomic E-state index is 21.0. The SMILES string of the molecule is F[Si](O[Si](c1ccccc1)(c1ccccc1)c1ccccc1)(O[Si](c1ccccc1)(c1ccccc1)c1ccccc1)O[Si](c1ccccc1)(c1ccccc1)c1ccccc1. The van der Waals surface area contributed by atoms with Gasteiger partial charge < -0.3 is 12.3 Å². The summed E-state index contributed by atoms with van der Waals surface area (Å²) in [5.74, 6) is 0. The first kappa shape index (κ1) is 41.0. The zero-order chi connectivity index (χ0) is 42.1. The van der Waals surface area contributed by atoms with Gasteiger partial charge in [-0.15, -0.1) is 0 Å². The van der Waals surface area contributed by atoms with Gasteiger partial charge >= 0.3 is 9.14 Å². The Bertz CT molecular complexity index is 2160. The summed E-state index contributed by atoms with van der Waals surface area (Å²) in [6.07, 6.45) is 0. The molecule has 0 N–H and O–H groups in total. The van der Waals surface area contributed by atoms with Crippen LogP contribution in [0.1, 0.15) is 0 Å². The fourth-order valence-electron chi connectivity index (χ4n) is 8.70. The van der Waals surface area contributed by atoms with Gasteiger partial charge in [-0.25, -0.2) is 4.11 Å². The summed E-state index contributed by atoms with van der Waals surface area (Å²) in [5, 5.41) is 7.85. The Hall–Kier alpha value is -6.34. The molecule has 9 aromatic rings. The topological polar surface area (TPSA) is 27.7 Å². The molecule has 0 fully saturated rings. The van der Waals surface area contributed by atoms with Crippen molar-refractivity contribution in [3.63, 3.8) is 0 Å². The van der Waals surface area contributed by atoms with E-state index in [1.807, 2.05) is 164 Å². The molecule has 3 nitrogen and oxygen atoms in total. The van der Waals surface area contributed by atoms with Crippen molar-refractivity contribution in [2.45, 2.75) is 0 Å². The van der Waals surface area contributed by atoms with E-state index in [1.165, 1.54) is 0 Å². The zero-order valence-corrected chi connectivity index (χ0v) is 38.1. The average Bonchev–Trinajstić information content (AvgIpc) is 3.37. The summed E-state index contributed by atoms with van der Waals surface area (Å²) in [5.41, 5.74) is 0. The summed E-state index contributed by atoms with van der Waals surface area (Å²) in [6, 6.07) is 91.1. The summed E-state index contributed by atoms with van der Waals surface area (Å²) in [4.78, 5) is 0. The number of benzene rings is 9. The molecule has 62 heavy (non-hydrogen) atoms. The largest absolute Gasteiger partial charge is 0.690 e. The molecule has 9 aromatic carbocycles. The van der Waals surface area contributed by atoms with Gasteiger partial charge in [0, 0.05) is 0 Å². The van der Waals surface area contributed by atoms with Crippen molar-refractivity contribution >= 4 is 80.8 Å². The maximum Gasteiger partial charge on any atom is 0.690 e. The van der Waals surface area contributed by atoms with Crippen LogP contribution in [0, 0.1) is 0 Å². The van der Waals surface area contributed by atoms with Crippen molar-refractivity contribution in [3.8, 4) is 0 Å². The highest BCUT2D eigenvalue weighted by atomic mass is 28.5. The molecule has 8 heteroatoms. The first-order valence-corrected chi connectivity index (χ1v) is 28.2. The molecule has 302 valence electrons. The Kier molecular flexibility index (Phi) is 12.1. The third kappa shape index (κ3) is 7.85. The third-order valence-corrected chi connectivity index (χ3v) is 28.4. The fraction of sp³-hybridized carbons (Fsp3) is 0. The van der Waals surface area contributed by atoms with Crippen molar-refractivity contribution in [1.29, 1.82) is 0 Å². The van der Waals surface area contributed by atoms with Crippen LogP contribution in [-0.4, -0.2) is 34.1 Å². The lowest BCUT2D eigenvalue weighted by Crippen LogP contribution is -2.81. The molecule has 0 radical (unpaired) electrons. The van der Waals surface area contributed by atoms with Gasteiger partial charge in [0.25, 0.3) is 25.0 Å². The minimum absolute atomic E-state index is 0.872. The van der Waals surface area contributed by atoms with Crippen LogP contribution >= 0.6 is 0 Å². The molecule has 0 saturated heterocycles. The van der Waals surface area contributed by atoms with Crippen LogP contribution in [0.5, 0.6) is 0 Å². The molecule has 0 aliphatic rings. The molecular weight excluding hydrogens is 828 g/mol. The van der Waals surface area contributed by atoms with Crippen molar-refractivity contribution < 1.29 is 16.5 Å². The Morgan fingerprint density at radius 3 is 0.419 bits per heavy atom. The van der Waals surface area contributed by atoms with Gasteiger partial charge in [-0.3, -0.25) is 0 Å². The van der Waals surface area contributed by atoms with E-state index < -0.39 is 34.1 Å². The monoisotopic (exact) mass is 872 g/mol. The van der Waals surface area contributed by atoms with Crippen LogP contribution < -0.4 is 46.7 Å². The molecule has 0 saturated carbocycles. The minimum Gasteiger partial charge on any atom is -0.379 e. The summed E-state index contributed by atoms with van der Waals surface area (Å²) in [7, 11) is -17.3. The molecule has 0 amide bonds. The Morgan fingerprint density at radius 2 is 0.306 bits per heavy atom. The third-order valence-electron chi connectivity index (χ3n) is 11.4. The fourth-order valence-corrected chi connectivity index (χ4v) is 27.9. The second-order valence-corrected chi connectivity index (χ2v) is 27.8. The summed E-state index contributed by atoms with van der Waals surface area (Å²) < 4.78 is 44.6. The lowest BCUT2D eigenvalue weighted by atomic mass is 10.3. The van der Waals surface area contributed by atoms with Crippen LogP contribution in [0.3, 0.4) is 0 Å². The smallest absolute Gasteiger partial charge is 0.379 e. The Labute approximate surface area is 368 Å². The van der Waals surface area contributed by atoms with E-state index in [1.54, 1.807) is 0 Å². The Morgan fingerprint density at radius 1 is 0.194 bits per heavy atom. The standard InChI is InChI=1S/C54H45FO3Si4/c55-62(56-59(46-28-10-1-11-29-46,47-30-12-2-13-31-47)48-32-14-3-15-33-48,57-60(49-34-16-4-17-35-49,50-36-18-5-19-37-50)51-38-20-6-21-39-51)58-61(52-40-22-7-23-41-52,53-42-24-8-25-43-53)54-44-26-9-27-45-54/h1-45H. The van der Waals surface area contributed by atoms with Gasteiger partial charge in [-0.05, 0) is 46.7 Å². The van der Waals surface area contributed by atoms with E-state index in [0.29, 0.717) is 0 Å². The van der Waals surface area contributed by atoms with Gasteiger partial charge in [0.1, 0.15) is 0 Å². The number of hydrogen-bond donors (Lipinski definition) is 0. The summed E-state index contributed by atoms with van der Waals surface area (Å²) >= 11 is 0. The van der Waals surface area contributed by atoms with E-state index in [2.05, 4.69) is 109 Å². The second-order valence-electron chi connectivity index (χ2n) is 15.1. The summed E-state index contributed by atoms with van der Waals surface area (Å²) in [6.45, 7) is 0. The minimum atomic E-state index is -5.62. The van der Waals surface area contributed by atoms with Crippen LogP contribution in [-0.2, 0) is 12.3 Å². The van der Waals surface area contributed by atoms with Gasteiger partial charge in [0.05, 0.1) is 0 Å². The van der Waals surface area contributed by atoms with E-state index >= 15 is 4.11 Å². The highest BCUT2D eigenvalue weighted by molar-refractivity contribution is 7.15. The lowest BCUT2D eigenvalue weighted by molar-refractivity contribution is 0.200. The molecule has 9 rings (SSSR count). The van der Waals surface area contributed by atoms with Gasteiger partial charge in [-0.2, -0.15) is 0 Å².